The molecule has 2 rings (SSSR count). The Kier molecular flexibility index (Phi) is 6.66. The fourth-order valence-electron chi connectivity index (χ4n) is 3.49. The average molecular weight is 335 g/mol. The summed E-state index contributed by atoms with van der Waals surface area (Å²) in [6.45, 7) is 6.87. The lowest BCUT2D eigenvalue weighted by Crippen LogP contribution is -2.47. The summed E-state index contributed by atoms with van der Waals surface area (Å²) in [6, 6.07) is 0. The number of nitrogens with one attached hydrogen (secondary N) is 2. The zero-order valence-electron chi connectivity index (χ0n) is 15.9. The third-order valence-corrected chi connectivity index (χ3v) is 5.43. The van der Waals surface area contributed by atoms with Crippen LogP contribution < -0.4 is 10.6 Å². The molecule has 0 aliphatic heterocycles. The van der Waals surface area contributed by atoms with Crippen LogP contribution in [0, 0.1) is 19.3 Å². The number of rotatable bonds is 8. The Bertz CT molecular complexity index is 560. The summed E-state index contributed by atoms with van der Waals surface area (Å²) in [5, 5.41) is 11.4. The third-order valence-electron chi connectivity index (χ3n) is 5.43. The molecule has 1 fully saturated rings. The minimum absolute atomic E-state index is 0.393. The third kappa shape index (κ3) is 4.50. The highest BCUT2D eigenvalue weighted by atomic mass is 16.5. The van der Waals surface area contributed by atoms with Gasteiger partial charge in [-0.15, -0.1) is 0 Å². The second-order valence-corrected chi connectivity index (χ2v) is 6.97. The van der Waals surface area contributed by atoms with E-state index in [4.69, 9.17) is 4.74 Å². The van der Waals surface area contributed by atoms with Gasteiger partial charge < -0.3 is 15.4 Å². The Balaban J connectivity index is 1.78. The highest BCUT2D eigenvalue weighted by Crippen LogP contribution is 2.43. The number of nitrogens with zero attached hydrogens (tertiary/aromatic N) is 3. The molecule has 0 unspecified atom stereocenters. The van der Waals surface area contributed by atoms with Crippen molar-refractivity contribution in [2.75, 3.05) is 33.9 Å². The maximum absolute atomic E-state index is 5.26. The van der Waals surface area contributed by atoms with E-state index < -0.39 is 0 Å². The van der Waals surface area contributed by atoms with E-state index in [1.165, 1.54) is 30.5 Å². The van der Waals surface area contributed by atoms with E-state index in [0.717, 1.165) is 44.2 Å². The van der Waals surface area contributed by atoms with E-state index in [0.29, 0.717) is 5.41 Å². The lowest BCUT2D eigenvalue weighted by molar-refractivity contribution is 0.0732. The van der Waals surface area contributed by atoms with Crippen molar-refractivity contribution in [3.8, 4) is 0 Å². The number of ether oxygens (including phenoxy) is 1. The lowest BCUT2D eigenvalue weighted by Gasteiger charge is -2.42. The van der Waals surface area contributed by atoms with Gasteiger partial charge in [-0.3, -0.25) is 9.67 Å². The Hall–Kier alpha value is -1.56. The van der Waals surface area contributed by atoms with E-state index >= 15 is 0 Å². The molecule has 0 aromatic carbocycles. The predicted octanol–water partition coefficient (Wildman–Crippen LogP) is 1.95. The van der Waals surface area contributed by atoms with Crippen molar-refractivity contribution in [1.82, 2.24) is 20.4 Å². The van der Waals surface area contributed by atoms with Crippen molar-refractivity contribution >= 4 is 5.96 Å². The molecule has 1 heterocycles. The van der Waals surface area contributed by atoms with Gasteiger partial charge in [-0.05, 0) is 50.5 Å². The molecule has 0 saturated heterocycles. The predicted molar refractivity (Wildman–Crippen MR) is 98.5 cm³/mol. The minimum atomic E-state index is 0.393. The fourth-order valence-corrected chi connectivity index (χ4v) is 3.49. The van der Waals surface area contributed by atoms with Crippen LogP contribution in [0.3, 0.4) is 0 Å². The first-order valence-electron chi connectivity index (χ1n) is 8.94. The quantitative estimate of drug-likeness (QED) is 0.563. The van der Waals surface area contributed by atoms with Crippen LogP contribution in [-0.4, -0.2) is 49.6 Å². The number of hydrogen-bond donors (Lipinski definition) is 2. The van der Waals surface area contributed by atoms with Gasteiger partial charge in [0.25, 0.3) is 0 Å². The standard InChI is InChI=1S/C18H33N5O/c1-14-16(15(2)23(4)22-14)7-11-20-17(19-3)21-13-18(8-6-9-18)10-12-24-5/h6-13H2,1-5H3,(H2,19,20,21). The first-order chi connectivity index (χ1) is 11.5. The molecule has 0 radical (unpaired) electrons. The highest BCUT2D eigenvalue weighted by molar-refractivity contribution is 5.79. The first-order valence-corrected chi connectivity index (χ1v) is 8.94. The molecule has 1 aromatic rings. The van der Waals surface area contributed by atoms with Crippen molar-refractivity contribution in [2.24, 2.45) is 17.5 Å². The van der Waals surface area contributed by atoms with E-state index in [1.807, 2.05) is 18.8 Å². The summed E-state index contributed by atoms with van der Waals surface area (Å²) < 4.78 is 7.22. The van der Waals surface area contributed by atoms with Crippen LogP contribution in [0.2, 0.25) is 0 Å². The van der Waals surface area contributed by atoms with Gasteiger partial charge >= 0.3 is 0 Å². The van der Waals surface area contributed by atoms with Gasteiger partial charge in [0.05, 0.1) is 5.69 Å². The van der Waals surface area contributed by atoms with Gasteiger partial charge in [0.15, 0.2) is 5.96 Å². The molecule has 6 heteroatoms. The molecular weight excluding hydrogens is 302 g/mol. The monoisotopic (exact) mass is 335 g/mol. The van der Waals surface area contributed by atoms with Gasteiger partial charge in [-0.25, -0.2) is 0 Å². The molecule has 0 amide bonds. The summed E-state index contributed by atoms with van der Waals surface area (Å²) in [6.07, 6.45) is 5.99. The number of hydrogen-bond acceptors (Lipinski definition) is 3. The zero-order chi connectivity index (χ0) is 17.6. The average Bonchev–Trinajstić information content (AvgIpc) is 2.77. The Morgan fingerprint density at radius 2 is 2.08 bits per heavy atom. The molecule has 6 nitrogen and oxygen atoms in total. The second-order valence-electron chi connectivity index (χ2n) is 6.97. The number of aliphatic imine (C=N–C) groups is 1. The van der Waals surface area contributed by atoms with Gasteiger partial charge in [0.2, 0.25) is 0 Å². The minimum Gasteiger partial charge on any atom is -0.385 e. The molecule has 1 aliphatic carbocycles. The largest absolute Gasteiger partial charge is 0.385 e. The van der Waals surface area contributed by atoms with Crippen molar-refractivity contribution in [3.63, 3.8) is 0 Å². The van der Waals surface area contributed by atoms with Crippen LogP contribution in [-0.2, 0) is 18.2 Å². The molecule has 24 heavy (non-hydrogen) atoms. The summed E-state index contributed by atoms with van der Waals surface area (Å²) in [5.74, 6) is 0.887. The Labute approximate surface area is 146 Å². The van der Waals surface area contributed by atoms with Crippen molar-refractivity contribution in [3.05, 3.63) is 17.0 Å². The Morgan fingerprint density at radius 1 is 1.33 bits per heavy atom. The van der Waals surface area contributed by atoms with Crippen LogP contribution in [0.15, 0.2) is 4.99 Å². The zero-order valence-corrected chi connectivity index (χ0v) is 15.9. The smallest absolute Gasteiger partial charge is 0.191 e. The van der Waals surface area contributed by atoms with E-state index in [9.17, 15) is 0 Å². The van der Waals surface area contributed by atoms with Crippen LogP contribution in [0.4, 0.5) is 0 Å². The molecular formula is C18H33N5O. The highest BCUT2D eigenvalue weighted by Gasteiger charge is 2.36. The van der Waals surface area contributed by atoms with E-state index in [2.05, 4.69) is 34.6 Å². The molecule has 1 saturated carbocycles. The molecule has 136 valence electrons. The Morgan fingerprint density at radius 3 is 2.58 bits per heavy atom. The maximum atomic E-state index is 5.26. The summed E-state index contributed by atoms with van der Waals surface area (Å²) in [5.41, 5.74) is 4.08. The fraction of sp³-hybridized carbons (Fsp3) is 0.778. The van der Waals surface area contributed by atoms with Crippen molar-refractivity contribution < 1.29 is 4.74 Å². The van der Waals surface area contributed by atoms with Gasteiger partial charge in [0.1, 0.15) is 0 Å². The molecule has 2 N–H and O–H groups in total. The van der Waals surface area contributed by atoms with Crippen LogP contribution >= 0.6 is 0 Å². The lowest BCUT2D eigenvalue weighted by atomic mass is 9.67. The van der Waals surface area contributed by atoms with Gasteiger partial charge in [0, 0.05) is 46.6 Å². The van der Waals surface area contributed by atoms with Crippen LogP contribution in [0.5, 0.6) is 0 Å². The van der Waals surface area contributed by atoms with Crippen molar-refractivity contribution in [1.29, 1.82) is 0 Å². The van der Waals surface area contributed by atoms with Gasteiger partial charge in [-0.1, -0.05) is 6.42 Å². The molecule has 1 aromatic heterocycles. The van der Waals surface area contributed by atoms with E-state index in [1.54, 1.807) is 7.11 Å². The normalized spacial score (nSPS) is 16.8. The maximum Gasteiger partial charge on any atom is 0.191 e. The van der Waals surface area contributed by atoms with Crippen LogP contribution in [0.1, 0.15) is 42.6 Å². The molecule has 1 aliphatic rings. The molecule has 0 bridgehead atoms. The second kappa shape index (κ2) is 8.51. The number of aromatic nitrogens is 2. The number of methoxy groups -OCH3 is 1. The number of aryl methyl sites for hydroxylation is 2. The molecule has 0 atom stereocenters. The van der Waals surface area contributed by atoms with Gasteiger partial charge in [-0.2, -0.15) is 5.10 Å². The molecule has 0 spiro atoms. The summed E-state index contributed by atoms with van der Waals surface area (Å²) in [4.78, 5) is 4.35. The number of guanidine groups is 1. The van der Waals surface area contributed by atoms with E-state index in [-0.39, 0.29) is 0 Å². The first kappa shape index (κ1) is 18.8. The topological polar surface area (TPSA) is 63.5 Å². The summed E-state index contributed by atoms with van der Waals surface area (Å²) in [7, 11) is 5.61. The summed E-state index contributed by atoms with van der Waals surface area (Å²) >= 11 is 0. The SMILES string of the molecule is CN=C(NCCc1c(C)nn(C)c1C)NCC1(CCOC)CCC1. The van der Waals surface area contributed by atoms with Crippen molar-refractivity contribution in [2.45, 2.75) is 46.0 Å². The van der Waals surface area contributed by atoms with Crippen LogP contribution in [0.25, 0.3) is 0 Å².